The van der Waals surface area contributed by atoms with Gasteiger partial charge in [-0.25, -0.2) is 4.98 Å². The third-order valence-corrected chi connectivity index (χ3v) is 4.31. The molecular weight excluding hydrogens is 250 g/mol. The highest BCUT2D eigenvalue weighted by Gasteiger charge is 2.17. The highest BCUT2D eigenvalue weighted by Crippen LogP contribution is 2.18. The van der Waals surface area contributed by atoms with Crippen molar-refractivity contribution in [1.82, 2.24) is 9.97 Å². The van der Waals surface area contributed by atoms with Crippen LogP contribution < -0.4 is 5.73 Å². The van der Waals surface area contributed by atoms with Crippen molar-refractivity contribution in [3.8, 4) is 0 Å². The topological polar surface area (TPSA) is 81.0 Å². The number of nitrogens with one attached hydrogen (secondary N) is 1. The summed E-state index contributed by atoms with van der Waals surface area (Å²) in [5.74, 6) is 0. The van der Waals surface area contributed by atoms with Crippen molar-refractivity contribution in [2.75, 3.05) is 19.5 Å². The number of hydrogen-bond donors (Lipinski definition) is 2. The molecule has 2 rings (SSSR count). The molecule has 3 N–H and O–H groups in total. The third-order valence-electron chi connectivity index (χ3n) is 2.77. The molecular formula is C12H17N3O2S. The molecule has 0 amide bonds. The number of methoxy groups -OCH3 is 1. The van der Waals surface area contributed by atoms with Crippen LogP contribution >= 0.6 is 0 Å². The van der Waals surface area contributed by atoms with Gasteiger partial charge in [0.25, 0.3) is 0 Å². The van der Waals surface area contributed by atoms with Crippen LogP contribution in [0.4, 0.5) is 5.69 Å². The number of nitrogens with zero attached hydrogens (tertiary/aromatic N) is 1. The lowest BCUT2D eigenvalue weighted by atomic mass is 10.3. The van der Waals surface area contributed by atoms with Crippen molar-refractivity contribution >= 4 is 27.5 Å². The van der Waals surface area contributed by atoms with E-state index in [4.69, 9.17) is 10.5 Å². The summed E-state index contributed by atoms with van der Waals surface area (Å²) in [5, 5.41) is 0.502. The number of hydrogen-bond acceptors (Lipinski definition) is 4. The van der Waals surface area contributed by atoms with E-state index < -0.39 is 10.8 Å². The van der Waals surface area contributed by atoms with Crippen LogP contribution in [0.3, 0.4) is 0 Å². The van der Waals surface area contributed by atoms with Gasteiger partial charge in [-0.1, -0.05) is 6.92 Å². The second kappa shape index (κ2) is 5.49. The maximum atomic E-state index is 12.2. The monoisotopic (exact) mass is 267 g/mol. The molecule has 0 saturated heterocycles. The molecule has 98 valence electrons. The molecule has 2 atom stereocenters. The van der Waals surface area contributed by atoms with Gasteiger partial charge >= 0.3 is 0 Å². The molecule has 1 aromatic carbocycles. The lowest BCUT2D eigenvalue weighted by Crippen LogP contribution is -2.14. The minimum atomic E-state index is -1.16. The Morgan fingerprint density at radius 1 is 1.56 bits per heavy atom. The van der Waals surface area contributed by atoms with E-state index in [9.17, 15) is 4.21 Å². The van der Waals surface area contributed by atoms with E-state index in [1.165, 1.54) is 0 Å². The van der Waals surface area contributed by atoms with Crippen LogP contribution in [0.5, 0.6) is 0 Å². The number of fused-ring (bicyclic) bond motifs is 1. The molecule has 1 heterocycles. The molecule has 0 spiro atoms. The molecule has 1 aromatic heterocycles. The van der Waals surface area contributed by atoms with Gasteiger partial charge in [0.2, 0.25) is 0 Å². The van der Waals surface area contributed by atoms with Gasteiger partial charge in [0.15, 0.2) is 5.16 Å². The number of anilines is 1. The SMILES string of the molecule is COCCC(C)S(=O)c1nc2ccc(N)cc2[nH]1. The summed E-state index contributed by atoms with van der Waals surface area (Å²) in [6, 6.07) is 5.40. The number of aromatic nitrogens is 2. The van der Waals surface area contributed by atoms with Crippen molar-refractivity contribution < 1.29 is 8.95 Å². The molecule has 18 heavy (non-hydrogen) atoms. The zero-order valence-corrected chi connectivity index (χ0v) is 11.3. The van der Waals surface area contributed by atoms with E-state index in [0.29, 0.717) is 17.5 Å². The third kappa shape index (κ3) is 2.70. The number of H-pyrrole nitrogens is 1. The van der Waals surface area contributed by atoms with Crippen molar-refractivity contribution in [1.29, 1.82) is 0 Å². The quantitative estimate of drug-likeness (QED) is 0.808. The van der Waals surface area contributed by atoms with Gasteiger partial charge in [-0.2, -0.15) is 0 Å². The number of ether oxygens (including phenoxy) is 1. The molecule has 0 bridgehead atoms. The smallest absolute Gasteiger partial charge is 0.197 e. The predicted molar refractivity (Wildman–Crippen MR) is 72.9 cm³/mol. The number of rotatable bonds is 5. The fraction of sp³-hybridized carbons (Fsp3) is 0.417. The van der Waals surface area contributed by atoms with E-state index >= 15 is 0 Å². The lowest BCUT2D eigenvalue weighted by Gasteiger charge is -2.07. The number of benzene rings is 1. The predicted octanol–water partition coefficient (Wildman–Crippen LogP) is 1.68. The zero-order valence-electron chi connectivity index (χ0n) is 10.5. The highest BCUT2D eigenvalue weighted by molar-refractivity contribution is 7.85. The first kappa shape index (κ1) is 13.0. The second-order valence-corrected chi connectivity index (χ2v) is 5.99. The Hall–Kier alpha value is -1.40. The van der Waals surface area contributed by atoms with E-state index in [1.807, 2.05) is 13.0 Å². The molecule has 0 fully saturated rings. The molecule has 5 nitrogen and oxygen atoms in total. The van der Waals surface area contributed by atoms with E-state index in [2.05, 4.69) is 9.97 Å². The van der Waals surface area contributed by atoms with Gasteiger partial charge in [-0.3, -0.25) is 4.21 Å². The number of nitrogens with two attached hydrogens (primary N) is 1. The Morgan fingerprint density at radius 3 is 3.06 bits per heavy atom. The van der Waals surface area contributed by atoms with Crippen LogP contribution in [-0.2, 0) is 15.5 Å². The summed E-state index contributed by atoms with van der Waals surface area (Å²) in [4.78, 5) is 7.39. The van der Waals surface area contributed by atoms with Crippen molar-refractivity contribution in [3.05, 3.63) is 18.2 Å². The fourth-order valence-electron chi connectivity index (χ4n) is 1.68. The van der Waals surface area contributed by atoms with Crippen molar-refractivity contribution in [2.24, 2.45) is 0 Å². The van der Waals surface area contributed by atoms with E-state index in [1.54, 1.807) is 19.2 Å². The molecule has 2 aromatic rings. The van der Waals surface area contributed by atoms with Crippen LogP contribution in [0.25, 0.3) is 11.0 Å². The second-order valence-electron chi connectivity index (χ2n) is 4.21. The highest BCUT2D eigenvalue weighted by atomic mass is 32.2. The average molecular weight is 267 g/mol. The van der Waals surface area contributed by atoms with Gasteiger partial charge in [0, 0.05) is 24.7 Å². The van der Waals surface area contributed by atoms with E-state index in [-0.39, 0.29) is 5.25 Å². The molecule has 0 aliphatic heterocycles. The van der Waals surface area contributed by atoms with Crippen LogP contribution in [0.15, 0.2) is 23.4 Å². The Labute approximate surface area is 108 Å². The van der Waals surface area contributed by atoms with Gasteiger partial charge in [0.05, 0.1) is 21.8 Å². The van der Waals surface area contributed by atoms with Gasteiger partial charge in [0.1, 0.15) is 0 Å². The van der Waals surface area contributed by atoms with Crippen molar-refractivity contribution in [3.63, 3.8) is 0 Å². The Kier molecular flexibility index (Phi) is 3.98. The van der Waals surface area contributed by atoms with Crippen LogP contribution in [0, 0.1) is 0 Å². The first-order valence-electron chi connectivity index (χ1n) is 5.76. The minimum absolute atomic E-state index is 0.00265. The largest absolute Gasteiger partial charge is 0.399 e. The lowest BCUT2D eigenvalue weighted by molar-refractivity contribution is 0.195. The van der Waals surface area contributed by atoms with Gasteiger partial charge < -0.3 is 15.5 Å². The molecule has 0 radical (unpaired) electrons. The molecule has 0 saturated carbocycles. The molecule has 2 unspecified atom stereocenters. The standard InChI is InChI=1S/C12H17N3O2S/c1-8(5-6-17-2)18(16)12-14-10-4-3-9(13)7-11(10)15-12/h3-4,7-8H,5-6,13H2,1-2H3,(H,14,15). The summed E-state index contributed by atoms with van der Waals surface area (Å²) in [5.41, 5.74) is 7.96. The first-order chi connectivity index (χ1) is 8.61. The summed E-state index contributed by atoms with van der Waals surface area (Å²) in [6.07, 6.45) is 0.738. The Balaban J connectivity index is 2.22. The Morgan fingerprint density at radius 2 is 2.33 bits per heavy atom. The zero-order chi connectivity index (χ0) is 13.1. The number of aromatic amines is 1. The molecule has 6 heteroatoms. The summed E-state index contributed by atoms with van der Waals surface area (Å²) < 4.78 is 17.2. The number of imidazole rings is 1. The van der Waals surface area contributed by atoms with Gasteiger partial charge in [-0.15, -0.1) is 0 Å². The summed E-state index contributed by atoms with van der Waals surface area (Å²) >= 11 is 0. The van der Waals surface area contributed by atoms with Crippen LogP contribution in [0.2, 0.25) is 0 Å². The molecule has 0 aliphatic rings. The minimum Gasteiger partial charge on any atom is -0.399 e. The normalized spacial score (nSPS) is 14.8. The number of nitrogen functional groups attached to an aromatic ring is 1. The Bertz CT molecular complexity index is 567. The van der Waals surface area contributed by atoms with Crippen molar-refractivity contribution in [2.45, 2.75) is 23.8 Å². The first-order valence-corrected chi connectivity index (χ1v) is 6.98. The fourth-order valence-corrected chi connectivity index (χ4v) is 2.77. The maximum absolute atomic E-state index is 12.2. The van der Waals surface area contributed by atoms with E-state index in [0.717, 1.165) is 17.5 Å². The maximum Gasteiger partial charge on any atom is 0.197 e. The molecule has 0 aliphatic carbocycles. The van der Waals surface area contributed by atoms with Crippen LogP contribution in [-0.4, -0.2) is 33.1 Å². The average Bonchev–Trinajstić information content (AvgIpc) is 2.77. The summed E-state index contributed by atoms with van der Waals surface area (Å²) in [6.45, 7) is 2.52. The van der Waals surface area contributed by atoms with Crippen LogP contribution in [0.1, 0.15) is 13.3 Å². The van der Waals surface area contributed by atoms with Gasteiger partial charge in [-0.05, 0) is 24.6 Å². The summed E-state index contributed by atoms with van der Waals surface area (Å²) in [7, 11) is 0.482.